The Morgan fingerprint density at radius 3 is 2.78 bits per heavy atom. The normalized spacial score (nSPS) is 10.8. The van der Waals surface area contributed by atoms with Gasteiger partial charge in [0.15, 0.2) is 0 Å². The van der Waals surface area contributed by atoms with E-state index in [2.05, 4.69) is 10.3 Å². The van der Waals surface area contributed by atoms with E-state index < -0.39 is 5.91 Å². The lowest BCUT2D eigenvalue weighted by molar-refractivity contribution is 0.102. The smallest absolute Gasteiger partial charge is 0.261 e. The van der Waals surface area contributed by atoms with Crippen LogP contribution in [0.5, 0.6) is 5.75 Å². The van der Waals surface area contributed by atoms with Gasteiger partial charge in [0.1, 0.15) is 17.0 Å². The summed E-state index contributed by atoms with van der Waals surface area (Å²) in [6.45, 7) is 4.54. The highest BCUT2D eigenvalue weighted by atomic mass is 35.5. The van der Waals surface area contributed by atoms with Crippen molar-refractivity contribution in [3.63, 3.8) is 0 Å². The zero-order chi connectivity index (χ0) is 19.6. The second-order valence-corrected chi connectivity index (χ2v) is 6.62. The van der Waals surface area contributed by atoms with E-state index in [9.17, 15) is 9.59 Å². The molecule has 2 aromatic heterocycles. The molecule has 3 rings (SSSR count). The molecule has 0 aliphatic carbocycles. The van der Waals surface area contributed by atoms with Crippen LogP contribution in [-0.2, 0) is 6.54 Å². The highest BCUT2D eigenvalue weighted by Crippen LogP contribution is 2.28. The Morgan fingerprint density at radius 2 is 2.07 bits per heavy atom. The van der Waals surface area contributed by atoms with Crippen molar-refractivity contribution < 1.29 is 9.53 Å². The molecule has 27 heavy (non-hydrogen) atoms. The number of aryl methyl sites for hydroxylation is 2. The van der Waals surface area contributed by atoms with Crippen molar-refractivity contribution in [2.45, 2.75) is 26.8 Å². The van der Waals surface area contributed by atoms with Gasteiger partial charge in [-0.2, -0.15) is 0 Å². The molecular formula is C20H20ClN3O3. The molecule has 0 spiro atoms. The fraction of sp³-hybridized carbons (Fsp3) is 0.250. The zero-order valence-corrected chi connectivity index (χ0v) is 16.1. The second-order valence-electron chi connectivity index (χ2n) is 6.19. The van der Waals surface area contributed by atoms with Crippen molar-refractivity contribution in [1.29, 1.82) is 0 Å². The van der Waals surface area contributed by atoms with Crippen molar-refractivity contribution in [3.05, 3.63) is 63.0 Å². The molecule has 0 atom stereocenters. The van der Waals surface area contributed by atoms with Gasteiger partial charge in [0.2, 0.25) is 5.43 Å². The summed E-state index contributed by atoms with van der Waals surface area (Å²) in [5, 5.41) is 3.59. The first-order valence-electron chi connectivity index (χ1n) is 8.60. The summed E-state index contributed by atoms with van der Waals surface area (Å²) in [6.07, 6.45) is 2.41. The van der Waals surface area contributed by atoms with E-state index in [0.29, 0.717) is 34.0 Å². The van der Waals surface area contributed by atoms with Gasteiger partial charge in [0.25, 0.3) is 5.91 Å². The number of nitrogens with zero attached hydrogens (tertiary/aromatic N) is 2. The zero-order valence-electron chi connectivity index (χ0n) is 15.4. The van der Waals surface area contributed by atoms with Crippen molar-refractivity contribution in [1.82, 2.24) is 9.55 Å². The SMILES string of the molecule is CCCn1cc(C(=O)Nc2cc(Cl)ccc2OC)c(=O)c2ccc(C)nc21. The minimum absolute atomic E-state index is 0.0450. The molecule has 0 unspecified atom stereocenters. The fourth-order valence-corrected chi connectivity index (χ4v) is 3.07. The van der Waals surface area contributed by atoms with E-state index in [1.807, 2.05) is 18.4 Å². The Hall–Kier alpha value is -2.86. The Bertz CT molecular complexity index is 1080. The fourth-order valence-electron chi connectivity index (χ4n) is 2.90. The van der Waals surface area contributed by atoms with Crippen LogP contribution >= 0.6 is 11.6 Å². The maximum atomic E-state index is 12.9. The lowest BCUT2D eigenvalue weighted by Gasteiger charge is -2.14. The molecule has 0 bridgehead atoms. The standard InChI is InChI=1S/C20H20ClN3O3/c1-4-9-24-11-15(18(25)14-7-5-12(2)22-19(14)24)20(26)23-16-10-13(21)6-8-17(16)27-3/h5-8,10-11H,4,9H2,1-3H3,(H,23,26). The van der Waals surface area contributed by atoms with Crippen molar-refractivity contribution in [2.75, 3.05) is 12.4 Å². The monoisotopic (exact) mass is 385 g/mol. The van der Waals surface area contributed by atoms with Gasteiger partial charge in [-0.3, -0.25) is 9.59 Å². The first-order valence-corrected chi connectivity index (χ1v) is 8.98. The molecule has 0 aliphatic heterocycles. The third kappa shape index (κ3) is 3.80. The van der Waals surface area contributed by atoms with E-state index in [4.69, 9.17) is 16.3 Å². The molecule has 1 amide bonds. The number of amides is 1. The highest BCUT2D eigenvalue weighted by molar-refractivity contribution is 6.31. The molecule has 7 heteroatoms. The Labute approximate surface area is 161 Å². The molecule has 2 heterocycles. The summed E-state index contributed by atoms with van der Waals surface area (Å²) in [7, 11) is 1.50. The van der Waals surface area contributed by atoms with Crippen molar-refractivity contribution in [3.8, 4) is 5.75 Å². The molecule has 6 nitrogen and oxygen atoms in total. The third-order valence-electron chi connectivity index (χ3n) is 4.18. The molecule has 140 valence electrons. The summed E-state index contributed by atoms with van der Waals surface area (Å²) >= 11 is 6.01. The number of hydrogen-bond donors (Lipinski definition) is 1. The summed E-state index contributed by atoms with van der Waals surface area (Å²) in [5.41, 5.74) is 1.48. The predicted octanol–water partition coefficient (Wildman–Crippen LogP) is 4.03. The van der Waals surface area contributed by atoms with Gasteiger partial charge in [-0.1, -0.05) is 18.5 Å². The van der Waals surface area contributed by atoms with Gasteiger partial charge in [-0.25, -0.2) is 4.98 Å². The molecule has 0 aliphatic rings. The van der Waals surface area contributed by atoms with Gasteiger partial charge in [-0.05, 0) is 43.7 Å². The molecular weight excluding hydrogens is 366 g/mol. The second kappa shape index (κ2) is 7.80. The van der Waals surface area contributed by atoms with Crippen LogP contribution in [0.4, 0.5) is 5.69 Å². The molecule has 0 radical (unpaired) electrons. The Morgan fingerprint density at radius 1 is 1.30 bits per heavy atom. The third-order valence-corrected chi connectivity index (χ3v) is 4.41. The number of pyridine rings is 2. The molecule has 0 fully saturated rings. The Balaban J connectivity index is 2.10. The largest absolute Gasteiger partial charge is 0.495 e. The molecule has 1 N–H and O–H groups in total. The summed E-state index contributed by atoms with van der Waals surface area (Å²) in [4.78, 5) is 30.2. The van der Waals surface area contributed by atoms with Gasteiger partial charge < -0.3 is 14.6 Å². The number of anilines is 1. The first-order chi connectivity index (χ1) is 12.9. The van der Waals surface area contributed by atoms with Crippen molar-refractivity contribution >= 4 is 34.2 Å². The summed E-state index contributed by atoms with van der Waals surface area (Å²) in [5.74, 6) is -0.0624. The number of rotatable bonds is 5. The van der Waals surface area contributed by atoms with Gasteiger partial charge in [-0.15, -0.1) is 0 Å². The number of hydrogen-bond acceptors (Lipinski definition) is 4. The van der Waals surface area contributed by atoms with E-state index >= 15 is 0 Å². The van der Waals surface area contributed by atoms with Crippen LogP contribution in [0.3, 0.4) is 0 Å². The Kier molecular flexibility index (Phi) is 5.46. The average molecular weight is 386 g/mol. The molecule has 3 aromatic rings. The van der Waals surface area contributed by atoms with Gasteiger partial charge in [0.05, 0.1) is 18.2 Å². The van der Waals surface area contributed by atoms with Crippen LogP contribution in [-0.4, -0.2) is 22.6 Å². The van der Waals surface area contributed by atoms with Crippen LogP contribution in [0.2, 0.25) is 5.02 Å². The van der Waals surface area contributed by atoms with E-state index in [-0.39, 0.29) is 11.0 Å². The number of aromatic nitrogens is 2. The van der Waals surface area contributed by atoms with E-state index in [0.717, 1.165) is 12.1 Å². The quantitative estimate of drug-likeness (QED) is 0.719. The topological polar surface area (TPSA) is 73.2 Å². The predicted molar refractivity (Wildman–Crippen MR) is 107 cm³/mol. The highest BCUT2D eigenvalue weighted by Gasteiger charge is 2.18. The molecule has 0 saturated heterocycles. The maximum absolute atomic E-state index is 12.9. The van der Waals surface area contributed by atoms with Crippen LogP contribution in [0.15, 0.2) is 41.3 Å². The van der Waals surface area contributed by atoms with Gasteiger partial charge >= 0.3 is 0 Å². The van der Waals surface area contributed by atoms with E-state index in [1.165, 1.54) is 7.11 Å². The summed E-state index contributed by atoms with van der Waals surface area (Å²) < 4.78 is 7.09. The molecule has 0 saturated carbocycles. The molecule has 1 aromatic carbocycles. The number of ether oxygens (including phenoxy) is 1. The average Bonchev–Trinajstić information content (AvgIpc) is 2.64. The number of nitrogens with one attached hydrogen (secondary N) is 1. The van der Waals surface area contributed by atoms with E-state index in [1.54, 1.807) is 36.5 Å². The lowest BCUT2D eigenvalue weighted by atomic mass is 10.1. The van der Waals surface area contributed by atoms with Crippen LogP contribution in [0.25, 0.3) is 11.0 Å². The van der Waals surface area contributed by atoms with Crippen LogP contribution in [0, 0.1) is 6.92 Å². The number of fused-ring (bicyclic) bond motifs is 1. The number of carbonyl (C=O) groups is 1. The minimum Gasteiger partial charge on any atom is -0.495 e. The number of halogens is 1. The van der Waals surface area contributed by atoms with Crippen LogP contribution in [0.1, 0.15) is 29.4 Å². The maximum Gasteiger partial charge on any atom is 0.261 e. The number of carbonyl (C=O) groups excluding carboxylic acids is 1. The van der Waals surface area contributed by atoms with Crippen LogP contribution < -0.4 is 15.5 Å². The summed E-state index contributed by atoms with van der Waals surface area (Å²) in [6, 6.07) is 8.37. The number of methoxy groups -OCH3 is 1. The number of benzene rings is 1. The lowest BCUT2D eigenvalue weighted by Crippen LogP contribution is -2.24. The van der Waals surface area contributed by atoms with Gasteiger partial charge in [0, 0.05) is 23.5 Å². The van der Waals surface area contributed by atoms with Crippen molar-refractivity contribution in [2.24, 2.45) is 0 Å². The first kappa shape index (κ1) is 18.9. The minimum atomic E-state index is -0.520.